The number of rotatable bonds is 3. The third kappa shape index (κ3) is 2.01. The average molecular weight is 240 g/mol. The van der Waals surface area contributed by atoms with Gasteiger partial charge in [0.15, 0.2) is 0 Å². The monoisotopic (exact) mass is 240 g/mol. The molecule has 3 nitrogen and oxygen atoms in total. The number of aryl methyl sites for hydroxylation is 2. The van der Waals surface area contributed by atoms with Crippen molar-refractivity contribution < 1.29 is 4.74 Å². The van der Waals surface area contributed by atoms with Gasteiger partial charge in [0.05, 0.1) is 17.3 Å². The first-order valence-electron chi connectivity index (χ1n) is 5.86. The third-order valence-electron chi connectivity index (χ3n) is 3.50. The molecule has 1 heterocycles. The summed E-state index contributed by atoms with van der Waals surface area (Å²) in [5, 5.41) is 1.02. The Morgan fingerprint density at radius 3 is 2.75 bits per heavy atom. The van der Waals surface area contributed by atoms with E-state index in [1.807, 2.05) is 13.8 Å². The van der Waals surface area contributed by atoms with Crippen LogP contribution in [0.3, 0.4) is 0 Å². The topological polar surface area (TPSA) is 48.1 Å². The van der Waals surface area contributed by atoms with Crippen LogP contribution in [0.25, 0.3) is 0 Å². The highest BCUT2D eigenvalue weighted by Gasteiger charge is 2.33. The van der Waals surface area contributed by atoms with Crippen LogP contribution in [-0.4, -0.2) is 18.2 Å². The second-order valence-electron chi connectivity index (χ2n) is 4.76. The van der Waals surface area contributed by atoms with Gasteiger partial charge >= 0.3 is 0 Å². The Hall–Kier alpha value is -0.450. The van der Waals surface area contributed by atoms with Crippen molar-refractivity contribution in [3.05, 3.63) is 15.6 Å². The Labute approximate surface area is 101 Å². The lowest BCUT2D eigenvalue weighted by atomic mass is 9.98. The summed E-state index contributed by atoms with van der Waals surface area (Å²) in [6.07, 6.45) is 4.82. The van der Waals surface area contributed by atoms with Gasteiger partial charge in [0, 0.05) is 12.0 Å². The minimum atomic E-state index is -0.475. The van der Waals surface area contributed by atoms with Crippen molar-refractivity contribution in [3.63, 3.8) is 0 Å². The fourth-order valence-corrected chi connectivity index (χ4v) is 3.29. The van der Waals surface area contributed by atoms with E-state index in [0.717, 1.165) is 11.4 Å². The standard InChI is InChI=1S/C12H20N2OS/c1-8(15-3)12(2,13)11-14-9-6-4-5-7-10(9)16-11/h8H,4-7,13H2,1-3H3. The molecule has 1 aromatic heterocycles. The maximum atomic E-state index is 6.33. The van der Waals surface area contributed by atoms with Gasteiger partial charge in [0.2, 0.25) is 0 Å². The molecule has 0 aromatic carbocycles. The summed E-state index contributed by atoms with van der Waals surface area (Å²) < 4.78 is 5.34. The first-order valence-corrected chi connectivity index (χ1v) is 6.68. The van der Waals surface area contributed by atoms with Crippen molar-refractivity contribution in [1.29, 1.82) is 0 Å². The van der Waals surface area contributed by atoms with Crippen molar-refractivity contribution in [2.45, 2.75) is 51.2 Å². The van der Waals surface area contributed by atoms with Gasteiger partial charge in [0.25, 0.3) is 0 Å². The van der Waals surface area contributed by atoms with Crippen LogP contribution in [-0.2, 0) is 23.1 Å². The van der Waals surface area contributed by atoms with Crippen molar-refractivity contribution >= 4 is 11.3 Å². The molecule has 0 spiro atoms. The molecule has 90 valence electrons. The lowest BCUT2D eigenvalue weighted by Gasteiger charge is -2.28. The summed E-state index contributed by atoms with van der Waals surface area (Å²) in [6, 6.07) is 0. The van der Waals surface area contributed by atoms with Crippen LogP contribution in [0.1, 0.15) is 42.3 Å². The van der Waals surface area contributed by atoms with E-state index in [-0.39, 0.29) is 6.10 Å². The number of ether oxygens (including phenoxy) is 1. The molecule has 0 bridgehead atoms. The highest BCUT2D eigenvalue weighted by Crippen LogP contribution is 2.33. The Kier molecular flexibility index (Phi) is 3.33. The van der Waals surface area contributed by atoms with Gasteiger partial charge in [-0.15, -0.1) is 11.3 Å². The van der Waals surface area contributed by atoms with Crippen molar-refractivity contribution in [2.24, 2.45) is 5.73 Å². The number of hydrogen-bond acceptors (Lipinski definition) is 4. The maximum Gasteiger partial charge on any atom is 0.115 e. The van der Waals surface area contributed by atoms with Gasteiger partial charge in [0.1, 0.15) is 5.01 Å². The Bertz CT molecular complexity index is 350. The molecule has 2 N–H and O–H groups in total. The summed E-state index contributed by atoms with van der Waals surface area (Å²) in [5.74, 6) is 0. The molecule has 4 heteroatoms. The zero-order valence-corrected chi connectivity index (χ0v) is 11.1. The van der Waals surface area contributed by atoms with Crippen LogP contribution in [0.4, 0.5) is 0 Å². The summed E-state index contributed by atoms with van der Waals surface area (Å²) in [4.78, 5) is 6.14. The van der Waals surface area contributed by atoms with Crippen LogP contribution < -0.4 is 5.73 Å². The Morgan fingerprint density at radius 2 is 2.12 bits per heavy atom. The molecule has 2 rings (SSSR count). The predicted octanol–water partition coefficient (Wildman–Crippen LogP) is 2.23. The molecule has 0 saturated heterocycles. The van der Waals surface area contributed by atoms with Gasteiger partial charge in [-0.1, -0.05) is 0 Å². The first-order chi connectivity index (χ1) is 7.55. The summed E-state index contributed by atoms with van der Waals surface area (Å²) in [7, 11) is 1.70. The van der Waals surface area contributed by atoms with E-state index in [0.29, 0.717) is 0 Å². The second kappa shape index (κ2) is 4.43. The zero-order chi connectivity index (χ0) is 11.8. The van der Waals surface area contributed by atoms with Crippen molar-refractivity contribution in [2.75, 3.05) is 7.11 Å². The molecule has 0 saturated carbocycles. The van der Waals surface area contributed by atoms with Crippen molar-refractivity contribution in [3.8, 4) is 0 Å². The van der Waals surface area contributed by atoms with Crippen LogP contribution >= 0.6 is 11.3 Å². The van der Waals surface area contributed by atoms with Crippen molar-refractivity contribution in [1.82, 2.24) is 4.98 Å². The van der Waals surface area contributed by atoms with E-state index in [4.69, 9.17) is 15.5 Å². The number of aromatic nitrogens is 1. The van der Waals surface area contributed by atoms with E-state index in [1.165, 1.54) is 29.8 Å². The molecule has 2 unspecified atom stereocenters. The van der Waals surface area contributed by atoms with Crippen LogP contribution in [0.15, 0.2) is 0 Å². The van der Waals surface area contributed by atoms with E-state index in [9.17, 15) is 0 Å². The summed E-state index contributed by atoms with van der Waals surface area (Å²) in [5.41, 5.74) is 7.12. The fraction of sp³-hybridized carbons (Fsp3) is 0.750. The minimum Gasteiger partial charge on any atom is -0.379 e. The SMILES string of the molecule is COC(C)C(C)(N)c1nc2c(s1)CCCC2. The summed E-state index contributed by atoms with van der Waals surface area (Å²) in [6.45, 7) is 4.01. The number of methoxy groups -OCH3 is 1. The molecule has 1 aliphatic carbocycles. The van der Waals surface area contributed by atoms with Crippen LogP contribution in [0, 0.1) is 0 Å². The highest BCUT2D eigenvalue weighted by atomic mass is 32.1. The third-order valence-corrected chi connectivity index (χ3v) is 4.92. The molecule has 0 amide bonds. The molecule has 1 aliphatic rings. The fourth-order valence-electron chi connectivity index (χ4n) is 2.00. The Morgan fingerprint density at radius 1 is 1.44 bits per heavy atom. The largest absolute Gasteiger partial charge is 0.379 e. The number of nitrogens with zero attached hydrogens (tertiary/aromatic N) is 1. The molecule has 2 atom stereocenters. The van der Waals surface area contributed by atoms with Gasteiger partial charge < -0.3 is 10.5 Å². The quantitative estimate of drug-likeness (QED) is 0.881. The number of hydrogen-bond donors (Lipinski definition) is 1. The maximum absolute atomic E-state index is 6.33. The second-order valence-corrected chi connectivity index (χ2v) is 5.84. The first kappa shape index (κ1) is 12.0. The molecule has 0 fully saturated rings. The molecule has 0 aliphatic heterocycles. The smallest absolute Gasteiger partial charge is 0.115 e. The molecular weight excluding hydrogens is 220 g/mol. The lowest BCUT2D eigenvalue weighted by Crippen LogP contribution is -2.44. The molecule has 0 radical (unpaired) electrons. The Balaban J connectivity index is 2.30. The van der Waals surface area contributed by atoms with E-state index >= 15 is 0 Å². The molecular formula is C12H20N2OS. The predicted molar refractivity (Wildman–Crippen MR) is 66.8 cm³/mol. The molecule has 1 aromatic rings. The van der Waals surface area contributed by atoms with E-state index in [1.54, 1.807) is 18.4 Å². The minimum absolute atomic E-state index is 0.0138. The number of fused-ring (bicyclic) bond motifs is 1. The number of nitrogens with two attached hydrogens (primary N) is 1. The van der Waals surface area contributed by atoms with E-state index in [2.05, 4.69) is 0 Å². The van der Waals surface area contributed by atoms with Gasteiger partial charge in [-0.25, -0.2) is 4.98 Å². The van der Waals surface area contributed by atoms with Gasteiger partial charge in [-0.05, 0) is 39.5 Å². The lowest BCUT2D eigenvalue weighted by molar-refractivity contribution is 0.0552. The number of thiazole rings is 1. The van der Waals surface area contributed by atoms with E-state index < -0.39 is 5.54 Å². The molecule has 16 heavy (non-hydrogen) atoms. The van der Waals surface area contributed by atoms with Crippen LogP contribution in [0.2, 0.25) is 0 Å². The summed E-state index contributed by atoms with van der Waals surface area (Å²) >= 11 is 1.77. The van der Waals surface area contributed by atoms with Crippen LogP contribution in [0.5, 0.6) is 0 Å². The average Bonchev–Trinajstić information content (AvgIpc) is 2.72. The highest BCUT2D eigenvalue weighted by molar-refractivity contribution is 7.11. The normalized spacial score (nSPS) is 21.2. The van der Waals surface area contributed by atoms with Gasteiger partial charge in [-0.2, -0.15) is 0 Å². The van der Waals surface area contributed by atoms with Gasteiger partial charge in [-0.3, -0.25) is 0 Å². The zero-order valence-electron chi connectivity index (χ0n) is 10.2.